The average Bonchev–Trinajstić information content (AvgIpc) is 3.17. The van der Waals surface area contributed by atoms with Gasteiger partial charge in [0.15, 0.2) is 0 Å². The molecule has 1 fully saturated rings. The van der Waals surface area contributed by atoms with Crippen LogP contribution in [-0.2, 0) is 29.0 Å². The number of rotatable bonds is 10. The smallest absolute Gasteiger partial charge is 0.459 e. The van der Waals surface area contributed by atoms with Crippen LogP contribution >= 0.6 is 7.75 Å². The van der Waals surface area contributed by atoms with Gasteiger partial charge in [-0.2, -0.15) is 20.5 Å². The molecule has 1 aliphatic heterocycles. The van der Waals surface area contributed by atoms with E-state index in [0.717, 1.165) is 12.3 Å². The first kappa shape index (κ1) is 30.1. The van der Waals surface area contributed by atoms with E-state index in [0.29, 0.717) is 0 Å². The first-order valence-corrected chi connectivity index (χ1v) is 13.9. The lowest BCUT2D eigenvalue weighted by molar-refractivity contribution is -0.149. The molecule has 2 unspecified atom stereocenters. The van der Waals surface area contributed by atoms with E-state index in [-0.39, 0.29) is 22.2 Å². The highest BCUT2D eigenvalue weighted by Gasteiger charge is 2.58. The van der Waals surface area contributed by atoms with Crippen molar-refractivity contribution in [2.24, 2.45) is 0 Å². The highest BCUT2D eigenvalue weighted by molar-refractivity contribution is 7.52. The minimum atomic E-state index is -4.38. The number of nitrogens with zero attached hydrogens (tertiary/aromatic N) is 3. The van der Waals surface area contributed by atoms with Gasteiger partial charge in [0.1, 0.15) is 41.9 Å². The van der Waals surface area contributed by atoms with Crippen LogP contribution in [0.4, 0.5) is 0 Å². The van der Waals surface area contributed by atoms with Crippen LogP contribution in [0.5, 0.6) is 11.6 Å². The molecule has 2 aromatic heterocycles. The number of hydrogen-bond donors (Lipinski definition) is 5. The van der Waals surface area contributed by atoms with Crippen molar-refractivity contribution in [3.63, 3.8) is 0 Å². The van der Waals surface area contributed by atoms with Gasteiger partial charge in [-0.1, -0.05) is 18.2 Å². The predicted molar refractivity (Wildman–Crippen MR) is 140 cm³/mol. The van der Waals surface area contributed by atoms with Crippen molar-refractivity contribution in [3.05, 3.63) is 58.6 Å². The van der Waals surface area contributed by atoms with Crippen LogP contribution in [0.2, 0.25) is 0 Å². The van der Waals surface area contributed by atoms with Crippen molar-refractivity contribution < 1.29 is 43.2 Å². The van der Waals surface area contributed by atoms with Crippen molar-refractivity contribution >= 4 is 24.5 Å². The van der Waals surface area contributed by atoms with Crippen LogP contribution in [0.1, 0.15) is 26.5 Å². The summed E-state index contributed by atoms with van der Waals surface area (Å²) in [4.78, 5) is 26.6. The summed E-state index contributed by atoms with van der Waals surface area (Å²) in [6, 6.07) is 9.57. The lowest BCUT2D eigenvalue weighted by Gasteiger charge is -2.25. The summed E-state index contributed by atoms with van der Waals surface area (Å²) in [7, 11) is -4.38. The average molecular weight is 589 g/mol. The maximum atomic E-state index is 13.8. The lowest BCUT2D eigenvalue weighted by atomic mass is 9.90. The Morgan fingerprint density at radius 2 is 1.98 bits per heavy atom. The highest BCUT2D eigenvalue weighted by Crippen LogP contribution is 2.47. The fraction of sp³-hybridized carbons (Fsp3) is 0.400. The van der Waals surface area contributed by atoms with Crippen LogP contribution in [0, 0.1) is 11.3 Å². The number of carbonyl (C=O) groups excluding carboxylic acids is 1. The molecule has 0 bridgehead atoms. The summed E-state index contributed by atoms with van der Waals surface area (Å²) in [5.41, 5.74) is -3.45. The van der Waals surface area contributed by atoms with Gasteiger partial charge in [-0.05, 0) is 32.9 Å². The molecule has 218 valence electrons. The third-order valence-electron chi connectivity index (χ3n) is 6.07. The van der Waals surface area contributed by atoms with E-state index in [9.17, 15) is 34.7 Å². The Kier molecular flexibility index (Phi) is 8.74. The van der Waals surface area contributed by atoms with Gasteiger partial charge in [0, 0.05) is 11.5 Å². The molecule has 3 heterocycles. The summed E-state index contributed by atoms with van der Waals surface area (Å²) < 4.78 is 35.8. The Labute approximate surface area is 233 Å². The molecule has 0 radical (unpaired) electrons. The van der Waals surface area contributed by atoms with Gasteiger partial charge in [0.2, 0.25) is 11.5 Å². The molecule has 0 spiro atoms. The number of H-pyrrole nitrogens is 1. The summed E-state index contributed by atoms with van der Waals surface area (Å²) in [5.74, 6) is -1.16. The number of carbonyl (C=O) groups is 1. The molecule has 0 saturated carbocycles. The van der Waals surface area contributed by atoms with E-state index in [1.807, 2.05) is 0 Å². The molecule has 1 aliphatic rings. The van der Waals surface area contributed by atoms with E-state index >= 15 is 0 Å². The van der Waals surface area contributed by atoms with Gasteiger partial charge in [-0.3, -0.25) is 19.1 Å². The second-order valence-electron chi connectivity index (χ2n) is 9.48. The molecule has 15 nitrogen and oxygen atoms in total. The molecule has 3 aromatic rings. The second kappa shape index (κ2) is 11.9. The number of nitriles is 1. The Hall–Kier alpha value is -3.90. The fourth-order valence-electron chi connectivity index (χ4n) is 4.16. The first-order valence-electron chi connectivity index (χ1n) is 12.4. The van der Waals surface area contributed by atoms with E-state index < -0.39 is 67.8 Å². The first-order chi connectivity index (χ1) is 19.4. The molecule has 1 aromatic carbocycles. The number of nitrogens with one attached hydrogen (secondary N) is 2. The minimum absolute atomic E-state index is 0.00134. The molecular formula is C25H28N5O10P. The van der Waals surface area contributed by atoms with E-state index in [1.54, 1.807) is 38.1 Å². The summed E-state index contributed by atoms with van der Waals surface area (Å²) >= 11 is 0. The largest absolute Gasteiger partial charge is 0.494 e. The van der Waals surface area contributed by atoms with E-state index in [1.165, 1.54) is 19.1 Å². The maximum absolute atomic E-state index is 13.8. The number of aliphatic hydroxyl groups is 2. The zero-order chi connectivity index (χ0) is 29.9. The quantitative estimate of drug-likeness (QED) is 0.164. The fourth-order valence-corrected chi connectivity index (χ4v) is 5.66. The van der Waals surface area contributed by atoms with Gasteiger partial charge < -0.3 is 29.3 Å². The van der Waals surface area contributed by atoms with Crippen molar-refractivity contribution in [1.29, 1.82) is 5.26 Å². The van der Waals surface area contributed by atoms with Crippen LogP contribution < -0.4 is 15.2 Å². The molecular weight excluding hydrogens is 561 g/mol. The van der Waals surface area contributed by atoms with E-state index in [4.69, 9.17) is 18.5 Å². The third-order valence-corrected chi connectivity index (χ3v) is 7.72. The van der Waals surface area contributed by atoms with E-state index in [2.05, 4.69) is 20.3 Å². The predicted octanol–water partition coefficient (Wildman–Crippen LogP) is 0.997. The molecule has 1 saturated heterocycles. The summed E-state index contributed by atoms with van der Waals surface area (Å²) in [5, 5.41) is 52.0. The Balaban J connectivity index is 1.62. The number of aromatic amines is 1. The topological polar surface area (TPSA) is 226 Å². The maximum Gasteiger partial charge on any atom is 0.459 e. The van der Waals surface area contributed by atoms with Crippen molar-refractivity contribution in [2.45, 2.75) is 56.8 Å². The lowest BCUT2D eigenvalue weighted by Crippen LogP contribution is -2.41. The Morgan fingerprint density at radius 3 is 2.63 bits per heavy atom. The number of hydrogen-bond acceptors (Lipinski definition) is 13. The zero-order valence-electron chi connectivity index (χ0n) is 22.1. The molecule has 5 N–H and O–H groups in total. The van der Waals surface area contributed by atoms with Crippen LogP contribution in [0.3, 0.4) is 0 Å². The molecule has 41 heavy (non-hydrogen) atoms. The second-order valence-corrected chi connectivity index (χ2v) is 11.2. The number of benzene rings is 1. The van der Waals surface area contributed by atoms with Crippen LogP contribution in [0.25, 0.3) is 10.8 Å². The number of ether oxygens (including phenoxy) is 2. The van der Waals surface area contributed by atoms with Gasteiger partial charge in [0.05, 0.1) is 24.3 Å². The third kappa shape index (κ3) is 6.23. The highest BCUT2D eigenvalue weighted by atomic mass is 31.2. The van der Waals surface area contributed by atoms with Crippen LogP contribution in [0.15, 0.2) is 47.4 Å². The van der Waals surface area contributed by atoms with Crippen molar-refractivity contribution in [2.75, 3.05) is 6.61 Å². The number of aromatic nitrogens is 3. The number of aromatic hydroxyl groups is 1. The van der Waals surface area contributed by atoms with Gasteiger partial charge in [0.25, 0.3) is 5.56 Å². The summed E-state index contributed by atoms with van der Waals surface area (Å²) in [6.45, 7) is 3.97. The molecule has 0 aliphatic carbocycles. The molecule has 16 heteroatoms. The Morgan fingerprint density at radius 1 is 1.27 bits per heavy atom. The SMILES string of the molecule is CC(C)OC(=O)C(C)NP(=O)(OC[C@H]1O[C@@](C#N)(c2nncc3c(O)[nH]c(=O)cc23)[C@H](O)[C@@H]1O)Oc1ccccc1. The van der Waals surface area contributed by atoms with Gasteiger partial charge >= 0.3 is 13.7 Å². The number of aliphatic hydroxyl groups excluding tert-OH is 2. The minimum Gasteiger partial charge on any atom is -0.494 e. The van der Waals surface area contributed by atoms with Gasteiger partial charge in [-0.15, -0.1) is 0 Å². The molecule has 6 atom stereocenters. The normalized spacial score (nSPS) is 24.5. The zero-order valence-corrected chi connectivity index (χ0v) is 23.0. The van der Waals surface area contributed by atoms with Crippen molar-refractivity contribution in [1.82, 2.24) is 20.3 Å². The number of para-hydroxylation sites is 1. The Bertz CT molecular complexity index is 1560. The molecule has 4 rings (SSSR count). The summed E-state index contributed by atoms with van der Waals surface area (Å²) in [6.07, 6.45) is -4.52. The van der Waals surface area contributed by atoms with Crippen LogP contribution in [-0.4, -0.2) is 73.5 Å². The number of esters is 1. The molecule has 0 amide bonds. The van der Waals surface area contributed by atoms with Gasteiger partial charge in [-0.25, -0.2) is 4.57 Å². The monoisotopic (exact) mass is 589 g/mol. The standard InChI is InChI=1S/C25H28N5O10P/c1-13(2)38-24(35)14(3)30-41(36,40-15-7-5-4-6-8-15)37-11-18-20(32)22(33)25(12-26,39-18)21-16-9-19(31)28-23(34)17(16)10-27-29-21/h4-10,13-14,18,20,22,32-33H,11H2,1-3H3,(H,30,36)(H2,28,31,34)/t14?,18-,20-,22-,25+,41?/m1/s1. The number of fused-ring (bicyclic) bond motifs is 1. The number of pyridine rings is 1. The van der Waals surface area contributed by atoms with Crippen molar-refractivity contribution in [3.8, 4) is 17.7 Å².